The number of aryl methyl sites for hydroxylation is 1. The fourth-order valence-electron chi connectivity index (χ4n) is 1.72. The Morgan fingerprint density at radius 1 is 1.19 bits per heavy atom. The monoisotopic (exact) mass is 314 g/mol. The molecule has 0 amide bonds. The molecule has 2 rings (SSSR count). The summed E-state index contributed by atoms with van der Waals surface area (Å²) in [6, 6.07) is 7.11. The summed E-state index contributed by atoms with van der Waals surface area (Å²) in [6.07, 6.45) is -2.49. The lowest BCUT2D eigenvalue weighted by Gasteiger charge is -2.08. The zero-order chi connectivity index (χ0) is 15.5. The molecular formula is C14H10ClF3N2O. The zero-order valence-corrected chi connectivity index (χ0v) is 11.4. The largest absolute Gasteiger partial charge is 0.433 e. The number of nitrogens with zero attached hydrogens (tertiary/aromatic N) is 2. The summed E-state index contributed by atoms with van der Waals surface area (Å²) in [4.78, 5) is 19.3. The first-order valence-electron chi connectivity index (χ1n) is 6.05. The van der Waals surface area contributed by atoms with E-state index in [1.54, 1.807) is 24.4 Å². The van der Waals surface area contributed by atoms with Crippen LogP contribution in [-0.4, -0.2) is 15.8 Å². The molecule has 0 unspecified atom stereocenters. The van der Waals surface area contributed by atoms with Gasteiger partial charge in [0.05, 0.1) is 5.56 Å². The van der Waals surface area contributed by atoms with Crippen molar-refractivity contribution in [1.82, 2.24) is 9.97 Å². The summed E-state index contributed by atoms with van der Waals surface area (Å²) < 4.78 is 37.4. The minimum atomic E-state index is -4.58. The highest BCUT2D eigenvalue weighted by molar-refractivity contribution is 6.32. The Morgan fingerprint density at radius 3 is 2.52 bits per heavy atom. The van der Waals surface area contributed by atoms with Crippen LogP contribution in [-0.2, 0) is 12.6 Å². The van der Waals surface area contributed by atoms with Crippen LogP contribution in [0.15, 0.2) is 36.5 Å². The lowest BCUT2D eigenvalue weighted by molar-refractivity contribution is -0.141. The SMILES string of the molecule is O=C(CCc1ccccn1)c1ccc(C(F)(F)F)nc1Cl. The number of Topliss-reactive ketones (excluding diaryl/α,β-unsaturated/α-hetero) is 1. The summed E-state index contributed by atoms with van der Waals surface area (Å²) in [5.74, 6) is -0.369. The summed E-state index contributed by atoms with van der Waals surface area (Å²) in [5.41, 5.74) is -0.406. The second-order valence-electron chi connectivity index (χ2n) is 4.28. The molecular weight excluding hydrogens is 305 g/mol. The molecule has 2 aromatic rings. The first kappa shape index (κ1) is 15.4. The van der Waals surface area contributed by atoms with Crippen LogP contribution < -0.4 is 0 Å². The quantitative estimate of drug-likeness (QED) is 0.633. The molecule has 2 heterocycles. The summed E-state index contributed by atoms with van der Waals surface area (Å²) >= 11 is 5.66. The Bertz CT molecular complexity index is 644. The van der Waals surface area contributed by atoms with E-state index in [-0.39, 0.29) is 17.8 Å². The summed E-state index contributed by atoms with van der Waals surface area (Å²) in [5, 5.41) is -0.434. The number of hydrogen-bond acceptors (Lipinski definition) is 3. The van der Waals surface area contributed by atoms with Crippen molar-refractivity contribution in [3.63, 3.8) is 0 Å². The van der Waals surface area contributed by atoms with E-state index < -0.39 is 17.0 Å². The molecule has 0 aliphatic heterocycles. The van der Waals surface area contributed by atoms with Gasteiger partial charge in [0.25, 0.3) is 0 Å². The van der Waals surface area contributed by atoms with Gasteiger partial charge in [-0.25, -0.2) is 4.98 Å². The zero-order valence-electron chi connectivity index (χ0n) is 10.7. The van der Waals surface area contributed by atoms with Crippen molar-refractivity contribution >= 4 is 17.4 Å². The predicted octanol–water partition coefficient (Wildman–Crippen LogP) is 3.96. The number of carbonyl (C=O) groups is 1. The molecule has 0 atom stereocenters. The van der Waals surface area contributed by atoms with Crippen LogP contribution >= 0.6 is 11.6 Å². The molecule has 0 N–H and O–H groups in total. The molecule has 0 saturated heterocycles. The van der Waals surface area contributed by atoms with Gasteiger partial charge >= 0.3 is 6.18 Å². The van der Waals surface area contributed by atoms with Gasteiger partial charge in [-0.2, -0.15) is 13.2 Å². The maximum Gasteiger partial charge on any atom is 0.433 e. The van der Waals surface area contributed by atoms with E-state index in [1.807, 2.05) is 0 Å². The topological polar surface area (TPSA) is 42.9 Å². The normalized spacial score (nSPS) is 11.4. The molecule has 2 aromatic heterocycles. The van der Waals surface area contributed by atoms with Crippen LogP contribution in [0.25, 0.3) is 0 Å². The highest BCUT2D eigenvalue weighted by Crippen LogP contribution is 2.29. The number of aromatic nitrogens is 2. The first-order chi connectivity index (χ1) is 9.88. The molecule has 21 heavy (non-hydrogen) atoms. The number of pyridine rings is 2. The molecule has 7 heteroatoms. The van der Waals surface area contributed by atoms with Crippen LogP contribution in [0, 0.1) is 0 Å². The number of carbonyl (C=O) groups excluding carboxylic acids is 1. The summed E-state index contributed by atoms with van der Waals surface area (Å²) in [7, 11) is 0. The third-order valence-corrected chi connectivity index (χ3v) is 3.06. The van der Waals surface area contributed by atoms with Crippen molar-refractivity contribution in [2.24, 2.45) is 0 Å². The molecule has 0 spiro atoms. The van der Waals surface area contributed by atoms with Crippen LogP contribution in [0.5, 0.6) is 0 Å². The highest BCUT2D eigenvalue weighted by atomic mass is 35.5. The van der Waals surface area contributed by atoms with E-state index in [4.69, 9.17) is 11.6 Å². The van der Waals surface area contributed by atoms with Crippen molar-refractivity contribution in [3.8, 4) is 0 Å². The average molecular weight is 315 g/mol. The number of alkyl halides is 3. The molecule has 0 radical (unpaired) electrons. The molecule has 0 saturated carbocycles. The van der Waals surface area contributed by atoms with Gasteiger partial charge in [0.1, 0.15) is 10.8 Å². The maximum atomic E-state index is 12.5. The second kappa shape index (κ2) is 6.22. The number of rotatable bonds is 4. The first-order valence-corrected chi connectivity index (χ1v) is 6.42. The second-order valence-corrected chi connectivity index (χ2v) is 4.63. The van der Waals surface area contributed by atoms with Gasteiger partial charge < -0.3 is 0 Å². The van der Waals surface area contributed by atoms with Crippen LogP contribution in [0.3, 0.4) is 0 Å². The molecule has 110 valence electrons. The summed E-state index contributed by atoms with van der Waals surface area (Å²) in [6.45, 7) is 0. The Morgan fingerprint density at radius 2 is 1.95 bits per heavy atom. The van der Waals surface area contributed by atoms with E-state index in [1.165, 1.54) is 0 Å². The Kier molecular flexibility index (Phi) is 4.57. The van der Waals surface area contributed by atoms with Crippen molar-refractivity contribution in [3.05, 3.63) is 58.6 Å². The fourth-order valence-corrected chi connectivity index (χ4v) is 1.98. The van der Waals surface area contributed by atoms with Gasteiger partial charge in [-0.3, -0.25) is 9.78 Å². The van der Waals surface area contributed by atoms with Crippen LogP contribution in [0.1, 0.15) is 28.2 Å². The number of halogens is 4. The van der Waals surface area contributed by atoms with Gasteiger partial charge in [0, 0.05) is 18.3 Å². The smallest absolute Gasteiger partial charge is 0.294 e. The predicted molar refractivity (Wildman–Crippen MR) is 71.1 cm³/mol. The van der Waals surface area contributed by atoms with E-state index in [0.717, 1.165) is 17.8 Å². The Labute approximate surface area is 123 Å². The van der Waals surface area contributed by atoms with Gasteiger partial charge in [0.2, 0.25) is 0 Å². The van der Waals surface area contributed by atoms with Gasteiger partial charge in [-0.15, -0.1) is 0 Å². The lowest BCUT2D eigenvalue weighted by atomic mass is 10.1. The Hall–Kier alpha value is -1.95. The van der Waals surface area contributed by atoms with Crippen molar-refractivity contribution < 1.29 is 18.0 Å². The maximum absolute atomic E-state index is 12.5. The number of ketones is 1. The molecule has 0 aliphatic carbocycles. The number of hydrogen-bond donors (Lipinski definition) is 0. The van der Waals surface area contributed by atoms with Crippen LogP contribution in [0.2, 0.25) is 5.15 Å². The van der Waals surface area contributed by atoms with Crippen LogP contribution in [0.4, 0.5) is 13.2 Å². The molecule has 3 nitrogen and oxygen atoms in total. The van der Waals surface area contributed by atoms with Gasteiger partial charge in [-0.1, -0.05) is 17.7 Å². The molecule has 0 aromatic carbocycles. The molecule has 0 bridgehead atoms. The fraction of sp³-hybridized carbons (Fsp3) is 0.214. The minimum Gasteiger partial charge on any atom is -0.294 e. The highest BCUT2D eigenvalue weighted by Gasteiger charge is 2.33. The van der Waals surface area contributed by atoms with Crippen molar-refractivity contribution in [1.29, 1.82) is 0 Å². The van der Waals surface area contributed by atoms with E-state index in [0.29, 0.717) is 6.42 Å². The van der Waals surface area contributed by atoms with Gasteiger partial charge in [0.15, 0.2) is 5.78 Å². The van der Waals surface area contributed by atoms with Crippen molar-refractivity contribution in [2.75, 3.05) is 0 Å². The van der Waals surface area contributed by atoms with Gasteiger partial charge in [-0.05, 0) is 30.7 Å². The lowest BCUT2D eigenvalue weighted by Crippen LogP contribution is -2.10. The standard InChI is InChI=1S/C14H10ClF3N2O/c15-13-10(5-7-12(20-13)14(16,17)18)11(21)6-4-9-3-1-2-8-19-9/h1-3,5,7-8H,4,6H2. The molecule has 0 fully saturated rings. The minimum absolute atomic E-state index is 0.0133. The van der Waals surface area contributed by atoms with E-state index in [2.05, 4.69) is 9.97 Å². The van der Waals surface area contributed by atoms with Crippen molar-refractivity contribution in [2.45, 2.75) is 19.0 Å². The molecule has 0 aliphatic rings. The third-order valence-electron chi connectivity index (χ3n) is 2.77. The average Bonchev–Trinajstić information content (AvgIpc) is 2.45. The van der Waals surface area contributed by atoms with E-state index in [9.17, 15) is 18.0 Å². The Balaban J connectivity index is 2.09. The third kappa shape index (κ3) is 4.01. The van der Waals surface area contributed by atoms with E-state index >= 15 is 0 Å².